The Hall–Kier alpha value is -3.12. The van der Waals surface area contributed by atoms with E-state index in [0.717, 1.165) is 39.5 Å². The number of aryl methyl sites for hydroxylation is 1. The molecule has 2 N–H and O–H groups in total. The molecule has 0 unspecified atom stereocenters. The highest BCUT2D eigenvalue weighted by Gasteiger charge is 2.12. The number of rotatable bonds is 5. The summed E-state index contributed by atoms with van der Waals surface area (Å²) in [6.07, 6.45) is 3.70. The molecular weight excluding hydrogens is 328 g/mol. The van der Waals surface area contributed by atoms with E-state index in [4.69, 9.17) is 4.74 Å². The fourth-order valence-corrected chi connectivity index (χ4v) is 3.14. The molecule has 0 radical (unpaired) electrons. The number of H-pyrrole nitrogens is 1. The molecule has 4 rings (SSSR count). The van der Waals surface area contributed by atoms with Gasteiger partial charge in [0, 0.05) is 29.2 Å². The van der Waals surface area contributed by atoms with Gasteiger partial charge in [-0.25, -0.2) is 9.97 Å². The summed E-state index contributed by atoms with van der Waals surface area (Å²) < 4.78 is 7.59. The van der Waals surface area contributed by atoms with Crippen LogP contribution in [0.4, 0.5) is 0 Å². The lowest BCUT2D eigenvalue weighted by Crippen LogP contribution is -2.00. The van der Waals surface area contributed by atoms with Crippen LogP contribution in [-0.2, 0) is 6.61 Å². The molecule has 4 aromatic rings. The van der Waals surface area contributed by atoms with Gasteiger partial charge in [0.15, 0.2) is 0 Å². The Labute approximate surface area is 151 Å². The first kappa shape index (κ1) is 16.4. The number of ether oxygens (including phenoxy) is 1. The highest BCUT2D eigenvalue weighted by molar-refractivity contribution is 5.78. The minimum absolute atomic E-state index is 0.0801. The maximum absolute atomic E-state index is 9.66. The van der Waals surface area contributed by atoms with Crippen LogP contribution in [0, 0.1) is 6.92 Å². The number of imidazole rings is 2. The third-order valence-corrected chi connectivity index (χ3v) is 4.29. The van der Waals surface area contributed by atoms with E-state index < -0.39 is 0 Å². The molecule has 0 atom stereocenters. The summed E-state index contributed by atoms with van der Waals surface area (Å²) in [4.78, 5) is 12.2. The number of hydrogen-bond donors (Lipinski definition) is 2. The van der Waals surface area contributed by atoms with Gasteiger partial charge in [-0.05, 0) is 50.2 Å². The summed E-state index contributed by atoms with van der Waals surface area (Å²) in [6, 6.07) is 11.8. The molecule has 2 heterocycles. The lowest BCUT2D eigenvalue weighted by atomic mass is 10.1. The molecule has 0 saturated heterocycles. The molecule has 0 saturated carbocycles. The van der Waals surface area contributed by atoms with Crippen molar-refractivity contribution < 1.29 is 9.84 Å². The lowest BCUT2D eigenvalue weighted by Gasteiger charge is -2.12. The smallest absolute Gasteiger partial charge is 0.144 e. The zero-order valence-electron chi connectivity index (χ0n) is 14.7. The molecule has 0 aliphatic rings. The molecule has 0 spiro atoms. The summed E-state index contributed by atoms with van der Waals surface area (Å²) >= 11 is 0. The molecule has 0 fully saturated rings. The van der Waals surface area contributed by atoms with Crippen LogP contribution in [-0.4, -0.2) is 31.2 Å². The zero-order valence-corrected chi connectivity index (χ0v) is 14.7. The molecule has 0 amide bonds. The van der Waals surface area contributed by atoms with Crippen LogP contribution in [0.5, 0.6) is 5.75 Å². The van der Waals surface area contributed by atoms with Crippen molar-refractivity contribution in [3.05, 3.63) is 60.2 Å². The van der Waals surface area contributed by atoms with Gasteiger partial charge in [-0.3, -0.25) is 4.57 Å². The fraction of sp³-hybridized carbons (Fsp3) is 0.200. The topological polar surface area (TPSA) is 76.0 Å². The van der Waals surface area contributed by atoms with E-state index in [-0.39, 0.29) is 6.61 Å². The number of aromatic nitrogens is 4. The van der Waals surface area contributed by atoms with Crippen LogP contribution in [0.2, 0.25) is 0 Å². The predicted octanol–water partition coefficient (Wildman–Crippen LogP) is 3.62. The van der Waals surface area contributed by atoms with E-state index in [1.165, 1.54) is 0 Å². The average molecular weight is 348 g/mol. The second-order valence-corrected chi connectivity index (χ2v) is 6.06. The monoisotopic (exact) mass is 348 g/mol. The Morgan fingerprint density at radius 3 is 2.88 bits per heavy atom. The number of hydrogen-bond acceptors (Lipinski definition) is 4. The maximum Gasteiger partial charge on any atom is 0.144 e. The van der Waals surface area contributed by atoms with E-state index in [2.05, 4.69) is 21.0 Å². The second kappa shape index (κ2) is 6.65. The largest absolute Gasteiger partial charge is 0.494 e. The van der Waals surface area contributed by atoms with Crippen molar-refractivity contribution >= 4 is 11.0 Å². The quantitative estimate of drug-likeness (QED) is 0.578. The van der Waals surface area contributed by atoms with Crippen molar-refractivity contribution in [2.45, 2.75) is 20.5 Å². The van der Waals surface area contributed by atoms with Gasteiger partial charge in [0.1, 0.15) is 17.4 Å². The number of aliphatic hydroxyl groups excluding tert-OH is 1. The molecule has 6 nitrogen and oxygen atoms in total. The summed E-state index contributed by atoms with van der Waals surface area (Å²) in [5.74, 6) is 2.40. The number of nitrogens with one attached hydrogen (secondary N) is 1. The number of nitrogens with zero attached hydrogens (tertiary/aromatic N) is 3. The molecular formula is C20H20N4O2. The third-order valence-electron chi connectivity index (χ3n) is 4.29. The highest BCUT2D eigenvalue weighted by atomic mass is 16.5. The Morgan fingerprint density at radius 1 is 1.19 bits per heavy atom. The molecule has 2 aromatic heterocycles. The summed E-state index contributed by atoms with van der Waals surface area (Å²) in [7, 11) is 0. The van der Waals surface area contributed by atoms with E-state index in [1.807, 2.05) is 54.9 Å². The van der Waals surface area contributed by atoms with Gasteiger partial charge in [-0.15, -0.1) is 0 Å². The first-order valence-electron chi connectivity index (χ1n) is 8.56. The third kappa shape index (κ3) is 2.84. The van der Waals surface area contributed by atoms with Crippen molar-refractivity contribution in [1.82, 2.24) is 19.5 Å². The summed E-state index contributed by atoms with van der Waals surface area (Å²) in [5, 5.41) is 9.66. The molecule has 2 aromatic carbocycles. The first-order valence-corrected chi connectivity index (χ1v) is 8.56. The SMILES string of the molecule is CCOc1ccc(-c2nccn2-c2ccc3nc(C)[nH]c3c2)cc1CO. The molecule has 6 heteroatoms. The second-order valence-electron chi connectivity index (χ2n) is 6.06. The zero-order chi connectivity index (χ0) is 18.1. The Kier molecular flexibility index (Phi) is 4.18. The number of aliphatic hydroxyl groups is 1. The highest BCUT2D eigenvalue weighted by Crippen LogP contribution is 2.28. The minimum atomic E-state index is -0.0801. The van der Waals surface area contributed by atoms with Gasteiger partial charge in [-0.2, -0.15) is 0 Å². The van der Waals surface area contributed by atoms with Gasteiger partial charge in [0.05, 0.1) is 24.2 Å². The van der Waals surface area contributed by atoms with Crippen LogP contribution in [0.25, 0.3) is 28.1 Å². The predicted molar refractivity (Wildman–Crippen MR) is 100 cm³/mol. The molecule has 0 aliphatic carbocycles. The van der Waals surface area contributed by atoms with Crippen molar-refractivity contribution in [1.29, 1.82) is 0 Å². The van der Waals surface area contributed by atoms with Crippen LogP contribution in [0.1, 0.15) is 18.3 Å². The van der Waals surface area contributed by atoms with E-state index in [9.17, 15) is 5.11 Å². The Balaban J connectivity index is 1.78. The number of benzene rings is 2. The normalized spacial score (nSPS) is 11.2. The van der Waals surface area contributed by atoms with Crippen molar-refractivity contribution in [3.63, 3.8) is 0 Å². The maximum atomic E-state index is 9.66. The standard InChI is InChI=1S/C20H20N4O2/c1-3-26-19-7-4-14(10-15(19)12-25)20-21-8-9-24(20)16-5-6-17-18(11-16)23-13(2)22-17/h4-11,25H,3,12H2,1-2H3,(H,22,23). The minimum Gasteiger partial charge on any atom is -0.494 e. The lowest BCUT2D eigenvalue weighted by molar-refractivity contribution is 0.267. The van der Waals surface area contributed by atoms with Crippen LogP contribution < -0.4 is 4.74 Å². The molecule has 26 heavy (non-hydrogen) atoms. The molecule has 0 aliphatic heterocycles. The Bertz CT molecular complexity index is 1060. The van der Waals surface area contributed by atoms with Gasteiger partial charge in [-0.1, -0.05) is 0 Å². The van der Waals surface area contributed by atoms with E-state index in [0.29, 0.717) is 12.4 Å². The summed E-state index contributed by atoms with van der Waals surface area (Å²) in [5.41, 5.74) is 4.59. The number of fused-ring (bicyclic) bond motifs is 1. The van der Waals surface area contributed by atoms with E-state index >= 15 is 0 Å². The first-order chi connectivity index (χ1) is 12.7. The van der Waals surface area contributed by atoms with Crippen molar-refractivity contribution in [2.75, 3.05) is 6.61 Å². The van der Waals surface area contributed by atoms with Crippen LogP contribution in [0.3, 0.4) is 0 Å². The van der Waals surface area contributed by atoms with Gasteiger partial charge in [0.2, 0.25) is 0 Å². The Morgan fingerprint density at radius 2 is 2.08 bits per heavy atom. The van der Waals surface area contributed by atoms with Crippen molar-refractivity contribution in [3.8, 4) is 22.8 Å². The van der Waals surface area contributed by atoms with Crippen LogP contribution >= 0.6 is 0 Å². The van der Waals surface area contributed by atoms with Crippen molar-refractivity contribution in [2.24, 2.45) is 0 Å². The van der Waals surface area contributed by atoms with Gasteiger partial charge >= 0.3 is 0 Å². The van der Waals surface area contributed by atoms with E-state index in [1.54, 1.807) is 6.20 Å². The van der Waals surface area contributed by atoms with Gasteiger partial charge < -0.3 is 14.8 Å². The number of aromatic amines is 1. The molecule has 0 bridgehead atoms. The average Bonchev–Trinajstić information content (AvgIpc) is 3.27. The summed E-state index contributed by atoms with van der Waals surface area (Å²) in [6.45, 7) is 4.35. The molecule has 132 valence electrons. The fourth-order valence-electron chi connectivity index (χ4n) is 3.14. The van der Waals surface area contributed by atoms with Gasteiger partial charge in [0.25, 0.3) is 0 Å². The van der Waals surface area contributed by atoms with Crippen LogP contribution in [0.15, 0.2) is 48.8 Å².